The van der Waals surface area contributed by atoms with Crippen LogP contribution in [0.4, 0.5) is 34.1 Å². The van der Waals surface area contributed by atoms with Gasteiger partial charge in [0, 0.05) is 87.6 Å². The average Bonchev–Trinajstić information content (AvgIpc) is 3.27. The van der Waals surface area contributed by atoms with Crippen molar-refractivity contribution in [2.45, 2.75) is 75.5 Å². The fourth-order valence-corrected chi connectivity index (χ4v) is 18.1. The van der Waals surface area contributed by atoms with Crippen molar-refractivity contribution >= 4 is 121 Å². The predicted octanol–water partition coefficient (Wildman–Crippen LogP) is 14.5. The summed E-state index contributed by atoms with van der Waals surface area (Å²) in [6.07, 6.45) is 3.05. The van der Waals surface area contributed by atoms with Gasteiger partial charge in [0.25, 0.3) is 0 Å². The third kappa shape index (κ3) is 9.77. The minimum Gasteiger partial charge on any atom is -0.378 e. The maximum absolute atomic E-state index is 5.01. The van der Waals surface area contributed by atoms with Crippen molar-refractivity contribution in [2.24, 2.45) is 15.0 Å². The summed E-state index contributed by atoms with van der Waals surface area (Å²) in [5, 5.41) is 3.53. The monoisotopic (exact) mass is 1230 g/mol. The molecule has 0 bridgehead atoms. The smallest absolute Gasteiger partial charge is 0.0809 e. The first-order valence-corrected chi connectivity index (χ1v) is 32.6. The van der Waals surface area contributed by atoms with Crippen LogP contribution in [0.3, 0.4) is 0 Å². The van der Waals surface area contributed by atoms with Crippen LogP contribution in [0.15, 0.2) is 121 Å². The van der Waals surface area contributed by atoms with Crippen LogP contribution in [0.1, 0.15) is 54.2 Å². The molecule has 6 aromatic carbocycles. The number of hydrogen-bond acceptors (Lipinski definition) is 6. The summed E-state index contributed by atoms with van der Waals surface area (Å²) in [6.45, 7) is 13.1. The molecule has 0 radical (unpaired) electrons. The highest BCUT2D eigenvalue weighted by atomic mass is 127. The first-order valence-electron chi connectivity index (χ1n) is 21.3. The third-order valence-electron chi connectivity index (χ3n) is 11.5. The summed E-state index contributed by atoms with van der Waals surface area (Å²) >= 11 is 7.74. The van der Waals surface area contributed by atoms with Gasteiger partial charge in [-0.1, -0.05) is 80.1 Å². The van der Waals surface area contributed by atoms with E-state index in [1.165, 1.54) is 112 Å². The molecule has 0 spiro atoms. The zero-order chi connectivity index (χ0) is 45.4. The summed E-state index contributed by atoms with van der Waals surface area (Å²) in [7, 11) is 12.8. The molecule has 0 saturated heterocycles. The van der Waals surface area contributed by atoms with Gasteiger partial charge in [-0.2, -0.15) is 0 Å². The molecular formula is C51H57I3N6S3. The number of aryl methyl sites for hydroxylation is 6. The molecule has 63 heavy (non-hydrogen) atoms. The van der Waals surface area contributed by atoms with E-state index in [1.807, 2.05) is 0 Å². The van der Waals surface area contributed by atoms with Crippen molar-refractivity contribution in [3.63, 3.8) is 0 Å². The molecule has 3 aliphatic heterocycles. The van der Waals surface area contributed by atoms with Gasteiger partial charge >= 0.3 is 0 Å². The Morgan fingerprint density at radius 3 is 0.889 bits per heavy atom. The van der Waals surface area contributed by atoms with E-state index in [9.17, 15) is 0 Å². The fraction of sp³-hybridized carbons (Fsp3) is 0.294. The van der Waals surface area contributed by atoms with Crippen LogP contribution >= 0.6 is 86.6 Å². The Kier molecular flexibility index (Phi) is 15.7. The lowest BCUT2D eigenvalue weighted by atomic mass is 10.1. The third-order valence-corrected chi connectivity index (χ3v) is 24.3. The molecule has 3 aliphatic rings. The number of anilines is 3. The Bertz CT molecular complexity index is 2860. The molecule has 0 aromatic heterocycles. The van der Waals surface area contributed by atoms with E-state index in [4.69, 9.17) is 15.0 Å². The normalized spacial score (nSPS) is 16.0. The maximum Gasteiger partial charge on any atom is 0.0809 e. The van der Waals surface area contributed by atoms with Gasteiger partial charge in [0.05, 0.1) is 33.1 Å². The second-order valence-corrected chi connectivity index (χ2v) is 28.6. The minimum atomic E-state index is 0.0605. The van der Waals surface area contributed by atoms with Gasteiger partial charge in [-0.25, -0.2) is 15.0 Å². The molecule has 6 aromatic rings. The zero-order valence-corrected chi connectivity index (χ0v) is 47.2. The average molecular weight is 1230 g/mol. The van der Waals surface area contributed by atoms with Crippen molar-refractivity contribution < 1.29 is 0 Å². The van der Waals surface area contributed by atoms with E-state index in [0.29, 0.717) is 0 Å². The van der Waals surface area contributed by atoms with Crippen molar-refractivity contribution in [1.82, 2.24) is 0 Å². The second-order valence-electron chi connectivity index (χ2n) is 16.5. The molecule has 0 fully saturated rings. The first kappa shape index (κ1) is 48.3. The zero-order valence-electron chi connectivity index (χ0n) is 38.3. The van der Waals surface area contributed by atoms with E-state index >= 15 is 0 Å². The number of rotatable bonds is 6. The summed E-state index contributed by atoms with van der Waals surface area (Å²) in [5.41, 5.74) is 15.2. The molecule has 330 valence electrons. The van der Waals surface area contributed by atoms with Crippen LogP contribution in [0, 0.1) is 34.3 Å². The molecule has 3 heterocycles. The first-order chi connectivity index (χ1) is 30.1. The van der Waals surface area contributed by atoms with Crippen molar-refractivity contribution in [3.05, 3.63) is 154 Å². The number of para-hydroxylation sites is 3. The van der Waals surface area contributed by atoms with Gasteiger partial charge in [0.2, 0.25) is 0 Å². The molecule has 0 saturated carbocycles. The predicted molar refractivity (Wildman–Crippen MR) is 303 cm³/mol. The maximum atomic E-state index is 5.01. The number of benzene rings is 6. The topological polar surface area (TPSA) is 46.8 Å². The standard InChI is InChI=1S/3C17H19IN2S/c3*1-5-12-9-13(20(3)4)10-15-17(12)19-16-11(2)7-6-8-14(16)21(15)18/h3*6-10H,5H2,1-4H3. The van der Waals surface area contributed by atoms with E-state index in [2.05, 4.69) is 253 Å². The molecule has 6 nitrogen and oxygen atoms in total. The molecule has 0 N–H and O–H groups in total. The summed E-state index contributed by atoms with van der Waals surface area (Å²) in [4.78, 5) is 25.7. The molecule has 9 rings (SSSR count). The Hall–Kier alpha value is -2.64. The number of hydrogen-bond donors (Lipinski definition) is 0. The van der Waals surface area contributed by atoms with Crippen molar-refractivity contribution in [1.29, 1.82) is 0 Å². The second kappa shape index (κ2) is 20.5. The Labute approximate surface area is 417 Å². The van der Waals surface area contributed by atoms with Crippen LogP contribution in [0.25, 0.3) is 0 Å². The highest BCUT2D eigenvalue weighted by Gasteiger charge is 2.20. The van der Waals surface area contributed by atoms with Crippen molar-refractivity contribution in [2.75, 3.05) is 57.0 Å². The van der Waals surface area contributed by atoms with Gasteiger partial charge in [0.15, 0.2) is 0 Å². The molecule has 0 amide bonds. The van der Waals surface area contributed by atoms with Gasteiger partial charge in [-0.3, -0.25) is 0 Å². The highest BCUT2D eigenvalue weighted by molar-refractivity contribution is 14.2. The van der Waals surface area contributed by atoms with Crippen LogP contribution in [-0.4, -0.2) is 42.3 Å². The van der Waals surface area contributed by atoms with E-state index in [1.54, 1.807) is 0 Å². The van der Waals surface area contributed by atoms with Gasteiger partial charge in [0.1, 0.15) is 0 Å². The van der Waals surface area contributed by atoms with Crippen LogP contribution in [0.2, 0.25) is 0 Å². The van der Waals surface area contributed by atoms with E-state index in [0.717, 1.165) is 19.3 Å². The molecule has 3 atom stereocenters. The highest BCUT2D eigenvalue weighted by Crippen LogP contribution is 2.50. The van der Waals surface area contributed by atoms with Crippen LogP contribution in [-0.2, 0) is 19.3 Å². The lowest BCUT2D eigenvalue weighted by molar-refractivity contribution is 1.06. The summed E-state index contributed by atoms with van der Waals surface area (Å²) in [5.74, 6) is 0. The molecule has 0 aliphatic carbocycles. The molecular weight excluding hydrogens is 1170 g/mol. The van der Waals surface area contributed by atoms with Gasteiger partial charge in [-0.05, 0) is 192 Å². The summed E-state index contributed by atoms with van der Waals surface area (Å²) in [6, 6.07) is 33.3. The lowest BCUT2D eigenvalue weighted by Crippen LogP contribution is -2.12. The van der Waals surface area contributed by atoms with Crippen molar-refractivity contribution in [3.8, 4) is 0 Å². The molecule has 3 unspecified atom stereocenters. The minimum absolute atomic E-state index is 0.0605. The van der Waals surface area contributed by atoms with Gasteiger partial charge < -0.3 is 14.7 Å². The van der Waals surface area contributed by atoms with Gasteiger partial charge in [-0.15, -0.1) is 0 Å². The number of nitrogens with zero attached hydrogens (tertiary/aromatic N) is 6. The SMILES string of the molecule is CCc1cc(N(C)C)cc2c1N=c1c(C)cccc1=S2I.CCc1cc(N(C)C)cc2c1N=c1c(C)cccc1=S2I.CCc1cc(N(C)C)cc2c1N=c1c(C)cccc1=S2I. The van der Waals surface area contributed by atoms with Crippen LogP contribution < -0.4 is 30.8 Å². The Morgan fingerprint density at radius 1 is 0.413 bits per heavy atom. The lowest BCUT2D eigenvalue weighted by Gasteiger charge is -2.20. The number of fused-ring (bicyclic) bond motifs is 6. The quantitative estimate of drug-likeness (QED) is 0.123. The van der Waals surface area contributed by atoms with E-state index < -0.39 is 0 Å². The Morgan fingerprint density at radius 2 is 0.667 bits per heavy atom. The molecule has 12 heteroatoms. The van der Waals surface area contributed by atoms with E-state index in [-0.39, 0.29) is 23.0 Å². The Balaban J connectivity index is 0.000000142. The van der Waals surface area contributed by atoms with Crippen LogP contribution in [0.5, 0.6) is 0 Å². The fourth-order valence-electron chi connectivity index (χ4n) is 7.77. The largest absolute Gasteiger partial charge is 0.378 e. The summed E-state index contributed by atoms with van der Waals surface area (Å²) < 4.78 is 4.09. The number of halogens is 3.